The van der Waals surface area contributed by atoms with E-state index in [-0.39, 0.29) is 36.1 Å². The number of guanidine groups is 1. The molecule has 2 saturated heterocycles. The Kier molecular flexibility index (Phi) is 11.2. The molecule has 1 aromatic heterocycles. The van der Waals surface area contributed by atoms with Gasteiger partial charge < -0.3 is 24.7 Å². The predicted molar refractivity (Wildman–Crippen MR) is 141 cm³/mol. The van der Waals surface area contributed by atoms with Gasteiger partial charge in [0.2, 0.25) is 0 Å². The van der Waals surface area contributed by atoms with Gasteiger partial charge in [-0.1, -0.05) is 0 Å². The standard InChI is InChI=1S/C23H40N6O3.HI/c1-23(2,3)32-22(30)29-15-13-27(14-16-29)12-9-25-21(24-4)26-18-19(20-8-7-17-31-20)28-10-5-6-11-28;/h7-8,17,19H,5-6,9-16,18H2,1-4H3,(H2,24,25,26);1H. The van der Waals surface area contributed by atoms with Gasteiger partial charge in [-0.2, -0.15) is 0 Å². The second-order valence-electron chi connectivity index (χ2n) is 9.46. The van der Waals surface area contributed by atoms with Crippen LogP contribution in [0.15, 0.2) is 27.8 Å². The molecule has 3 heterocycles. The van der Waals surface area contributed by atoms with E-state index in [4.69, 9.17) is 9.15 Å². The highest BCUT2D eigenvalue weighted by molar-refractivity contribution is 14.0. The van der Waals surface area contributed by atoms with Crippen LogP contribution in [0.3, 0.4) is 0 Å². The Labute approximate surface area is 215 Å². The summed E-state index contributed by atoms with van der Waals surface area (Å²) in [5.41, 5.74) is -0.453. The van der Waals surface area contributed by atoms with Crippen molar-refractivity contribution in [2.75, 3.05) is 66.0 Å². The second-order valence-corrected chi connectivity index (χ2v) is 9.46. The lowest BCUT2D eigenvalue weighted by Gasteiger charge is -2.35. The number of nitrogens with one attached hydrogen (secondary N) is 2. The van der Waals surface area contributed by atoms with Crippen molar-refractivity contribution in [3.05, 3.63) is 24.2 Å². The minimum atomic E-state index is -0.453. The minimum Gasteiger partial charge on any atom is -0.468 e. The van der Waals surface area contributed by atoms with Crippen LogP contribution < -0.4 is 10.6 Å². The van der Waals surface area contributed by atoms with E-state index in [2.05, 4.69) is 31.5 Å². The van der Waals surface area contributed by atoms with Crippen molar-refractivity contribution in [1.82, 2.24) is 25.3 Å². The number of amides is 1. The summed E-state index contributed by atoms with van der Waals surface area (Å²) in [6, 6.07) is 4.22. The van der Waals surface area contributed by atoms with Crippen LogP contribution in [-0.2, 0) is 4.74 Å². The number of aliphatic imine (C=N–C) groups is 1. The lowest BCUT2D eigenvalue weighted by molar-refractivity contribution is 0.0147. The summed E-state index contributed by atoms with van der Waals surface area (Å²) in [5, 5.41) is 6.88. The van der Waals surface area contributed by atoms with Gasteiger partial charge in [-0.05, 0) is 58.8 Å². The number of piperazine rings is 1. The molecule has 2 aliphatic rings. The van der Waals surface area contributed by atoms with Crippen LogP contribution in [0.1, 0.15) is 45.4 Å². The first-order valence-corrected chi connectivity index (χ1v) is 11.8. The van der Waals surface area contributed by atoms with Crippen molar-refractivity contribution < 1.29 is 13.9 Å². The summed E-state index contributed by atoms with van der Waals surface area (Å²) in [6.07, 6.45) is 4.01. The van der Waals surface area contributed by atoms with Gasteiger partial charge in [0, 0.05) is 52.9 Å². The van der Waals surface area contributed by atoms with Gasteiger partial charge >= 0.3 is 6.09 Å². The van der Waals surface area contributed by atoms with Crippen LogP contribution in [0, 0.1) is 0 Å². The molecule has 3 rings (SSSR count). The van der Waals surface area contributed by atoms with Crippen molar-refractivity contribution >= 4 is 36.0 Å². The first-order valence-electron chi connectivity index (χ1n) is 11.8. The molecule has 0 spiro atoms. The summed E-state index contributed by atoms with van der Waals surface area (Å²) < 4.78 is 11.2. The Morgan fingerprint density at radius 3 is 2.42 bits per heavy atom. The van der Waals surface area contributed by atoms with Crippen LogP contribution >= 0.6 is 24.0 Å². The zero-order valence-corrected chi connectivity index (χ0v) is 22.8. The number of likely N-dealkylation sites (tertiary alicyclic amines) is 1. The van der Waals surface area contributed by atoms with Gasteiger partial charge in [0.25, 0.3) is 0 Å². The van der Waals surface area contributed by atoms with Gasteiger partial charge in [0.15, 0.2) is 5.96 Å². The Hall–Kier alpha value is -1.53. The smallest absolute Gasteiger partial charge is 0.410 e. The third-order valence-corrected chi connectivity index (χ3v) is 5.88. The molecule has 9 nitrogen and oxygen atoms in total. The van der Waals surface area contributed by atoms with Gasteiger partial charge in [0.1, 0.15) is 11.4 Å². The van der Waals surface area contributed by atoms with Crippen molar-refractivity contribution in [2.45, 2.75) is 45.3 Å². The average Bonchev–Trinajstić information content (AvgIpc) is 3.47. The predicted octanol–water partition coefficient (Wildman–Crippen LogP) is 2.75. The molecular formula is C23H41IN6O3. The van der Waals surface area contributed by atoms with Crippen molar-refractivity contribution in [3.63, 3.8) is 0 Å². The molecule has 1 amide bonds. The zero-order chi connectivity index (χ0) is 23.0. The Balaban J connectivity index is 0.00000385. The largest absolute Gasteiger partial charge is 0.468 e. The summed E-state index contributed by atoms with van der Waals surface area (Å²) in [5.74, 6) is 1.80. The summed E-state index contributed by atoms with van der Waals surface area (Å²) in [7, 11) is 1.80. The third kappa shape index (κ3) is 8.97. The Morgan fingerprint density at radius 1 is 1.15 bits per heavy atom. The molecule has 0 aromatic carbocycles. The van der Waals surface area contributed by atoms with Crippen molar-refractivity contribution in [3.8, 4) is 0 Å². The van der Waals surface area contributed by atoms with Gasteiger partial charge in [-0.25, -0.2) is 4.79 Å². The summed E-state index contributed by atoms with van der Waals surface area (Å²) in [6.45, 7) is 13.4. The highest BCUT2D eigenvalue weighted by Crippen LogP contribution is 2.24. The number of rotatable bonds is 7. The number of halogens is 1. The first kappa shape index (κ1) is 27.7. The minimum absolute atomic E-state index is 0. The quantitative estimate of drug-likeness (QED) is 0.294. The number of carbonyl (C=O) groups is 1. The fourth-order valence-corrected chi connectivity index (χ4v) is 4.17. The molecule has 0 bridgehead atoms. The fraction of sp³-hybridized carbons (Fsp3) is 0.739. The molecule has 2 N–H and O–H groups in total. The third-order valence-electron chi connectivity index (χ3n) is 5.88. The fourth-order valence-electron chi connectivity index (χ4n) is 4.17. The molecule has 188 valence electrons. The van der Waals surface area contributed by atoms with E-state index in [1.807, 2.05) is 26.8 Å². The van der Waals surface area contributed by atoms with E-state index in [0.29, 0.717) is 13.1 Å². The summed E-state index contributed by atoms with van der Waals surface area (Å²) in [4.78, 5) is 23.2. The molecule has 2 aliphatic heterocycles. The lowest BCUT2D eigenvalue weighted by atomic mass is 10.2. The number of ether oxygens (including phenoxy) is 1. The maximum atomic E-state index is 12.2. The van der Waals surface area contributed by atoms with Crippen LogP contribution in [0.25, 0.3) is 0 Å². The molecule has 0 aliphatic carbocycles. The number of furan rings is 1. The van der Waals surface area contributed by atoms with E-state index in [1.54, 1.807) is 18.2 Å². The van der Waals surface area contributed by atoms with Crippen LogP contribution in [0.2, 0.25) is 0 Å². The van der Waals surface area contributed by atoms with E-state index < -0.39 is 5.60 Å². The molecule has 1 unspecified atom stereocenters. The average molecular weight is 577 g/mol. The topological polar surface area (TPSA) is 85.6 Å². The number of hydrogen-bond acceptors (Lipinski definition) is 6. The molecule has 1 aromatic rings. The van der Waals surface area contributed by atoms with Crippen LogP contribution in [0.4, 0.5) is 4.79 Å². The SMILES string of the molecule is CN=C(NCCN1CCN(C(=O)OC(C)(C)C)CC1)NCC(c1ccco1)N1CCCC1.I. The van der Waals surface area contributed by atoms with E-state index in [9.17, 15) is 4.79 Å². The van der Waals surface area contributed by atoms with Crippen molar-refractivity contribution in [2.24, 2.45) is 4.99 Å². The second kappa shape index (κ2) is 13.4. The lowest BCUT2D eigenvalue weighted by Crippen LogP contribution is -2.52. The number of nitrogens with zero attached hydrogens (tertiary/aromatic N) is 4. The Morgan fingerprint density at radius 2 is 1.85 bits per heavy atom. The maximum Gasteiger partial charge on any atom is 0.410 e. The van der Waals surface area contributed by atoms with E-state index in [1.165, 1.54) is 12.8 Å². The Bertz CT molecular complexity index is 723. The monoisotopic (exact) mass is 576 g/mol. The molecule has 33 heavy (non-hydrogen) atoms. The van der Waals surface area contributed by atoms with Crippen LogP contribution in [-0.4, -0.2) is 98.3 Å². The van der Waals surface area contributed by atoms with Gasteiger partial charge in [-0.3, -0.25) is 14.8 Å². The maximum absolute atomic E-state index is 12.2. The van der Waals surface area contributed by atoms with Crippen molar-refractivity contribution in [1.29, 1.82) is 0 Å². The van der Waals surface area contributed by atoms with Gasteiger partial charge in [0.05, 0.1) is 12.3 Å². The molecule has 2 fully saturated rings. The first-order chi connectivity index (χ1) is 15.4. The molecule has 0 saturated carbocycles. The van der Waals surface area contributed by atoms with E-state index >= 15 is 0 Å². The zero-order valence-electron chi connectivity index (χ0n) is 20.5. The molecule has 1 atom stereocenters. The highest BCUT2D eigenvalue weighted by atomic mass is 127. The number of carbonyl (C=O) groups excluding carboxylic acids is 1. The molecule has 10 heteroatoms. The van der Waals surface area contributed by atoms with Gasteiger partial charge in [-0.15, -0.1) is 24.0 Å². The molecular weight excluding hydrogens is 535 g/mol. The highest BCUT2D eigenvalue weighted by Gasteiger charge is 2.27. The normalized spacial score (nSPS) is 19.2. The van der Waals surface area contributed by atoms with E-state index in [0.717, 1.165) is 57.5 Å². The summed E-state index contributed by atoms with van der Waals surface area (Å²) >= 11 is 0. The number of hydrogen-bond donors (Lipinski definition) is 2. The molecule has 0 radical (unpaired) electrons. The van der Waals surface area contributed by atoms with Crippen LogP contribution in [0.5, 0.6) is 0 Å².